The highest BCUT2D eigenvalue weighted by atomic mass is 28.4. The Kier molecular flexibility index (Phi) is 10.3. The Bertz CT molecular complexity index is 2490. The van der Waals surface area contributed by atoms with E-state index in [1.807, 2.05) is 79.9 Å². The third-order valence-electron chi connectivity index (χ3n) is 11.7. The molecule has 2 aliphatic heterocycles. The summed E-state index contributed by atoms with van der Waals surface area (Å²) in [5, 5.41) is 34.8. The van der Waals surface area contributed by atoms with Crippen LogP contribution in [-0.2, 0) is 39.4 Å². The summed E-state index contributed by atoms with van der Waals surface area (Å²) in [7, 11) is -3.53. The highest BCUT2D eigenvalue weighted by Crippen LogP contribution is 2.60. The molecule has 8 rings (SSSR count). The van der Waals surface area contributed by atoms with Crippen LogP contribution in [0, 0.1) is 16.0 Å². The van der Waals surface area contributed by atoms with Gasteiger partial charge in [-0.25, -0.2) is 0 Å². The number of halogens is 1. The van der Waals surface area contributed by atoms with Gasteiger partial charge in [0.1, 0.15) is 0 Å². The number of anilines is 2. The molecule has 0 bridgehead atoms. The minimum absolute atomic E-state index is 0.117. The number of benzene rings is 4. The Morgan fingerprint density at radius 1 is 1.09 bits per heavy atom. The molecule has 4 heterocycles. The van der Waals surface area contributed by atoms with Crippen molar-refractivity contribution in [2.75, 3.05) is 16.8 Å². The maximum Gasteiger partial charge on any atom is 0.269 e. The highest BCUT2D eigenvalue weighted by Gasteiger charge is 2.67. The largest absolute Gasteiger partial charge is 0.395 e. The number of H-pyrrole nitrogens is 1. The van der Waals surface area contributed by atoms with Crippen LogP contribution in [0.2, 0.25) is 18.6 Å². The number of aromatic amines is 1. The van der Waals surface area contributed by atoms with Crippen LogP contribution in [-0.4, -0.2) is 62.9 Å². The number of non-ortho nitro benzene ring substituents is 1. The van der Waals surface area contributed by atoms with E-state index in [0.717, 1.165) is 27.6 Å². The zero-order valence-electron chi connectivity index (χ0n) is 32.3. The number of nitro groups is 1. The second kappa shape index (κ2) is 15.4. The van der Waals surface area contributed by atoms with Crippen molar-refractivity contribution in [3.63, 3.8) is 0 Å². The molecular weight excluding hydrogens is 758 g/mol. The number of aryl methyl sites for hydroxylation is 1. The molecule has 0 aliphatic carbocycles. The number of amides is 2. The van der Waals surface area contributed by atoms with Crippen LogP contribution in [0.15, 0.2) is 109 Å². The molecule has 1 fully saturated rings. The Morgan fingerprint density at radius 3 is 2.55 bits per heavy atom. The highest BCUT2D eigenvalue weighted by molar-refractivity contribution is 6.72. The summed E-state index contributed by atoms with van der Waals surface area (Å²) in [6.07, 6.45) is 3.39. The number of nitrogens with one attached hydrogen (secondary N) is 2. The predicted molar refractivity (Wildman–Crippen MR) is 219 cm³/mol. The number of carbonyl (C=O) groups excluding carboxylic acids is 2. The maximum atomic E-state index is 16.5. The van der Waals surface area contributed by atoms with Gasteiger partial charge in [-0.3, -0.25) is 24.4 Å². The standard InChI is InChI=1S/C43H44FN7O6Si/c1-27-41(58(2,3)44)39(19-20-49-25-37(47-48-49)34(26-52)29-9-5-4-6-10-29)57-43(27)35-22-32(51(55)56)17-18-38(35)50(42(43)54)24-28-13-15-31(16-14-28)46-40(53)21-30-23-45-36-12-8-7-11-33(30)36/h4-18,22-23,25,27,34,39,41,45,52H,19-21,24,26H2,1-3H3,(H,46,53)/t27-,34?,39+,41-,43+/m1/s1. The van der Waals surface area contributed by atoms with E-state index in [1.54, 1.807) is 47.1 Å². The molecule has 0 radical (unpaired) electrons. The number of nitrogens with zero attached hydrogens (tertiary/aromatic N) is 5. The first-order chi connectivity index (χ1) is 27.9. The Morgan fingerprint density at radius 2 is 1.83 bits per heavy atom. The Balaban J connectivity index is 1.03. The predicted octanol–water partition coefficient (Wildman–Crippen LogP) is 7.39. The number of hydrogen-bond donors (Lipinski definition) is 3. The fourth-order valence-corrected chi connectivity index (χ4v) is 11.5. The molecule has 4 aromatic carbocycles. The first-order valence-corrected chi connectivity index (χ1v) is 22.3. The first kappa shape index (κ1) is 38.8. The molecule has 298 valence electrons. The lowest BCUT2D eigenvalue weighted by Gasteiger charge is -2.31. The number of hydrogen-bond acceptors (Lipinski definition) is 8. The fraction of sp³-hybridized carbons (Fsp3) is 0.302. The average molecular weight is 802 g/mol. The first-order valence-electron chi connectivity index (χ1n) is 19.3. The van der Waals surface area contributed by atoms with E-state index < -0.39 is 42.4 Å². The second-order valence-corrected chi connectivity index (χ2v) is 19.5. The molecule has 15 heteroatoms. The van der Waals surface area contributed by atoms with Crippen LogP contribution in [0.1, 0.15) is 47.2 Å². The van der Waals surface area contributed by atoms with Gasteiger partial charge in [-0.1, -0.05) is 72.8 Å². The van der Waals surface area contributed by atoms with Crippen molar-refractivity contribution in [3.05, 3.63) is 148 Å². The van der Waals surface area contributed by atoms with Gasteiger partial charge in [0.25, 0.3) is 11.6 Å². The van der Waals surface area contributed by atoms with E-state index in [1.165, 1.54) is 12.1 Å². The van der Waals surface area contributed by atoms with E-state index in [0.29, 0.717) is 35.6 Å². The number of fused-ring (bicyclic) bond motifs is 3. The minimum atomic E-state index is -3.53. The van der Waals surface area contributed by atoms with E-state index in [4.69, 9.17) is 4.74 Å². The number of para-hydroxylation sites is 1. The smallest absolute Gasteiger partial charge is 0.269 e. The molecule has 13 nitrogen and oxygen atoms in total. The molecule has 1 saturated heterocycles. The molecule has 58 heavy (non-hydrogen) atoms. The van der Waals surface area contributed by atoms with Gasteiger partial charge in [-0.05, 0) is 60.5 Å². The maximum absolute atomic E-state index is 16.5. The molecule has 2 aromatic heterocycles. The van der Waals surface area contributed by atoms with Crippen LogP contribution in [0.5, 0.6) is 0 Å². The number of aromatic nitrogens is 4. The normalized spacial score (nSPS) is 20.8. The third kappa shape index (κ3) is 7.09. The van der Waals surface area contributed by atoms with Gasteiger partial charge in [-0.15, -0.1) is 5.10 Å². The molecule has 3 N–H and O–H groups in total. The topological polar surface area (TPSA) is 169 Å². The van der Waals surface area contributed by atoms with Crippen LogP contribution in [0.25, 0.3) is 10.9 Å². The summed E-state index contributed by atoms with van der Waals surface area (Å²) in [6.45, 7) is 5.29. The number of aliphatic hydroxyl groups is 1. The van der Waals surface area contributed by atoms with Gasteiger partial charge in [0, 0.05) is 64.7 Å². The van der Waals surface area contributed by atoms with Crippen molar-refractivity contribution in [3.8, 4) is 0 Å². The molecule has 0 saturated carbocycles. The zero-order valence-corrected chi connectivity index (χ0v) is 33.3. The van der Waals surface area contributed by atoms with Gasteiger partial charge in [0.05, 0.1) is 47.9 Å². The lowest BCUT2D eigenvalue weighted by molar-refractivity contribution is -0.385. The van der Waals surface area contributed by atoms with Gasteiger partial charge in [0.2, 0.25) is 14.3 Å². The number of nitro benzene ring substituents is 1. The van der Waals surface area contributed by atoms with Gasteiger partial charge >= 0.3 is 0 Å². The van der Waals surface area contributed by atoms with Crippen molar-refractivity contribution < 1.29 is 28.5 Å². The molecule has 2 amide bonds. The van der Waals surface area contributed by atoms with E-state index in [-0.39, 0.29) is 37.1 Å². The quantitative estimate of drug-likeness (QED) is 0.0471. The molecule has 2 aliphatic rings. The minimum Gasteiger partial charge on any atom is -0.395 e. The number of carbonyl (C=O) groups is 2. The number of ether oxygens (including phenoxy) is 1. The fourth-order valence-electron chi connectivity index (χ4n) is 9.00. The third-order valence-corrected chi connectivity index (χ3v) is 14.2. The van der Waals surface area contributed by atoms with Crippen LogP contribution in [0.3, 0.4) is 0 Å². The SMILES string of the molecule is C[C@@H]1[C@@H]([Si](C)(C)F)[C@H](CCn2cc(C(CO)c3ccccc3)nn2)O[C@@]12C(=O)N(Cc1ccc(NC(=O)Cc3c[nH]c4ccccc34)cc1)c1ccc([N+](=O)[O-])cc12. The lowest BCUT2D eigenvalue weighted by atomic mass is 9.82. The molecular formula is C43H44FN7O6Si. The molecule has 5 atom stereocenters. The number of rotatable bonds is 13. The van der Waals surface area contributed by atoms with Crippen LogP contribution < -0.4 is 10.2 Å². The molecule has 1 spiro atoms. The number of aliphatic hydroxyl groups excluding tert-OH is 1. The summed E-state index contributed by atoms with van der Waals surface area (Å²) in [4.78, 5) is 44.2. The second-order valence-electron chi connectivity index (χ2n) is 15.7. The monoisotopic (exact) mass is 801 g/mol. The Labute approximate surface area is 335 Å². The van der Waals surface area contributed by atoms with Crippen molar-refractivity contribution in [1.29, 1.82) is 0 Å². The van der Waals surface area contributed by atoms with E-state index in [9.17, 15) is 24.8 Å². The molecule has 6 aromatic rings. The summed E-state index contributed by atoms with van der Waals surface area (Å²) in [5.74, 6) is -1.60. The lowest BCUT2D eigenvalue weighted by Crippen LogP contribution is -2.45. The van der Waals surface area contributed by atoms with Crippen molar-refractivity contribution in [2.45, 2.75) is 69.1 Å². The molecule has 1 unspecified atom stereocenters. The summed E-state index contributed by atoms with van der Waals surface area (Å²) in [5.41, 5.74) is 3.01. The van der Waals surface area contributed by atoms with Crippen molar-refractivity contribution in [2.24, 2.45) is 5.92 Å². The van der Waals surface area contributed by atoms with Gasteiger partial charge < -0.3 is 29.2 Å². The van der Waals surface area contributed by atoms with E-state index in [2.05, 4.69) is 20.6 Å². The van der Waals surface area contributed by atoms with E-state index >= 15 is 4.11 Å². The van der Waals surface area contributed by atoms with Crippen molar-refractivity contribution >= 4 is 48.2 Å². The average Bonchev–Trinajstić information content (AvgIpc) is 3.97. The summed E-state index contributed by atoms with van der Waals surface area (Å²) >= 11 is 0. The Hall–Kier alpha value is -6.03. The zero-order chi connectivity index (χ0) is 40.8. The van der Waals surface area contributed by atoms with Gasteiger partial charge in [-0.2, -0.15) is 0 Å². The van der Waals surface area contributed by atoms with Crippen LogP contribution >= 0.6 is 0 Å². The summed E-state index contributed by atoms with van der Waals surface area (Å²) < 4.78 is 25.0. The van der Waals surface area contributed by atoms with Crippen LogP contribution in [0.4, 0.5) is 21.2 Å². The van der Waals surface area contributed by atoms with Crippen molar-refractivity contribution in [1.82, 2.24) is 20.0 Å². The summed E-state index contributed by atoms with van der Waals surface area (Å²) in [6, 6.07) is 28.8. The van der Waals surface area contributed by atoms with Gasteiger partial charge in [0.15, 0.2) is 5.60 Å².